The van der Waals surface area contributed by atoms with E-state index in [2.05, 4.69) is 0 Å². The van der Waals surface area contributed by atoms with Gasteiger partial charge in [-0.1, -0.05) is 127 Å². The van der Waals surface area contributed by atoms with Crippen molar-refractivity contribution in [1.82, 2.24) is 0 Å². The maximum absolute atomic E-state index is 9.62. The summed E-state index contributed by atoms with van der Waals surface area (Å²) in [7, 11) is -5.10. The van der Waals surface area contributed by atoms with Crippen molar-refractivity contribution >= 4 is 43.8 Å². The van der Waals surface area contributed by atoms with Gasteiger partial charge >= 0.3 is 21.4 Å². The van der Waals surface area contributed by atoms with Crippen LogP contribution in [0.3, 0.4) is 0 Å². The van der Waals surface area contributed by atoms with Crippen LogP contribution < -0.4 is 0 Å². The van der Waals surface area contributed by atoms with E-state index in [9.17, 15) is 30.1 Å². The molecule has 0 bridgehead atoms. The molecule has 37 heavy (non-hydrogen) atoms. The fourth-order valence-electron chi connectivity index (χ4n) is 3.79. The molecule has 0 spiro atoms. The van der Waals surface area contributed by atoms with Crippen LogP contribution in [0.5, 0.6) is 0 Å². The van der Waals surface area contributed by atoms with E-state index < -0.39 is 21.4 Å². The van der Waals surface area contributed by atoms with E-state index in [1.54, 1.807) is 66.7 Å². The van der Waals surface area contributed by atoms with Gasteiger partial charge in [-0.25, -0.2) is 0 Å². The first-order valence-electron chi connectivity index (χ1n) is 11.6. The zero-order valence-electron chi connectivity index (χ0n) is 20.0. The molecule has 4 aromatic rings. The maximum atomic E-state index is 9.62. The van der Waals surface area contributed by atoms with Gasteiger partial charge in [0.05, 0.1) is 0 Å². The Hall–Kier alpha value is -3.69. The molecule has 4 rings (SSSR count). The summed E-state index contributed by atoms with van der Waals surface area (Å²) in [5.74, 6) is 0. The zero-order chi connectivity index (χ0) is 26.6. The predicted molar refractivity (Wildman–Crippen MR) is 151 cm³/mol. The first kappa shape index (κ1) is 27.9. The number of benzene rings is 4. The van der Waals surface area contributed by atoms with Crippen LogP contribution in [0.1, 0.15) is 22.3 Å². The molecule has 0 aliphatic carbocycles. The molecule has 0 saturated heterocycles. The predicted octanol–water partition coefficient (Wildman–Crippen LogP) is 2.86. The molecule has 0 fully saturated rings. The fraction of sp³-hybridized carbons (Fsp3) is 0. The molecule has 0 aliphatic heterocycles. The highest BCUT2D eigenvalue weighted by Crippen LogP contribution is 2.28. The average Bonchev–Trinajstić information content (AvgIpc) is 2.92. The fourth-order valence-corrected chi connectivity index (χ4v) is 3.79. The van der Waals surface area contributed by atoms with Crippen molar-refractivity contribution in [2.75, 3.05) is 0 Å². The van der Waals surface area contributed by atoms with Crippen molar-refractivity contribution in [3.63, 3.8) is 0 Å². The van der Waals surface area contributed by atoms with Gasteiger partial charge in [0.15, 0.2) is 0 Å². The number of hydrogen-bond donors (Lipinski definition) is 6. The van der Waals surface area contributed by atoms with E-state index in [1.807, 2.05) is 60.7 Å². The van der Waals surface area contributed by atoms with Gasteiger partial charge in [-0.05, 0) is 38.7 Å². The molecule has 0 amide bonds. The Bertz CT molecular complexity index is 1230. The van der Waals surface area contributed by atoms with Gasteiger partial charge in [0.25, 0.3) is 0 Å². The van der Waals surface area contributed by atoms with E-state index in [4.69, 9.17) is 0 Å². The summed E-state index contributed by atoms with van der Waals surface area (Å²) >= 11 is 0. The van der Waals surface area contributed by atoms with Crippen LogP contribution in [-0.4, -0.2) is 51.5 Å². The second-order valence-electron chi connectivity index (χ2n) is 8.06. The number of rotatable bonds is 7. The standard InChI is InChI=1S/C14H14B2O4.C14H13BO2/c17-15(18)13(11-7-3-1-4-8-11)14(16(19)20)12-9-5-2-6-10-12;16-15(17)14(13-9-5-2-6-10-13)11-12-7-3-1-4-8-12/h1-10,17-20H;1-11,16-17H/b14-13-;14-11+. The Morgan fingerprint density at radius 3 is 1.05 bits per heavy atom. The zero-order valence-corrected chi connectivity index (χ0v) is 20.0. The van der Waals surface area contributed by atoms with Crippen molar-refractivity contribution in [2.45, 2.75) is 0 Å². The molecule has 4 aromatic carbocycles. The molecular formula is C28H27B3O6. The molecular weight excluding hydrogens is 465 g/mol. The quantitative estimate of drug-likeness (QED) is 0.175. The van der Waals surface area contributed by atoms with Gasteiger partial charge in [0.2, 0.25) is 0 Å². The second-order valence-corrected chi connectivity index (χ2v) is 8.06. The number of hydrogen-bond acceptors (Lipinski definition) is 6. The van der Waals surface area contributed by atoms with Crippen LogP contribution in [0.2, 0.25) is 0 Å². The SMILES string of the molecule is OB(O)/C(=C(\B(O)O)c1ccccc1)c1ccccc1.OB(O)/C(=C/c1ccccc1)c1ccccc1. The molecule has 6 N–H and O–H groups in total. The smallest absolute Gasteiger partial charge is 0.423 e. The molecule has 0 aromatic heterocycles. The van der Waals surface area contributed by atoms with Crippen LogP contribution in [0.25, 0.3) is 22.5 Å². The summed E-state index contributed by atoms with van der Waals surface area (Å²) in [6.07, 6.45) is 1.78. The van der Waals surface area contributed by atoms with E-state index in [0.29, 0.717) is 16.6 Å². The highest BCUT2D eigenvalue weighted by molar-refractivity contribution is 6.79. The highest BCUT2D eigenvalue weighted by Gasteiger charge is 2.28. The van der Waals surface area contributed by atoms with Crippen LogP contribution in [0, 0.1) is 0 Å². The van der Waals surface area contributed by atoms with Crippen LogP contribution in [0.15, 0.2) is 121 Å². The van der Waals surface area contributed by atoms with Crippen LogP contribution in [-0.2, 0) is 0 Å². The Balaban J connectivity index is 0.000000208. The molecule has 0 unspecified atom stereocenters. The first-order valence-corrected chi connectivity index (χ1v) is 11.6. The monoisotopic (exact) mass is 492 g/mol. The molecule has 0 atom stereocenters. The van der Waals surface area contributed by atoms with Crippen molar-refractivity contribution in [3.05, 3.63) is 144 Å². The van der Waals surface area contributed by atoms with Gasteiger partial charge in [-0.15, -0.1) is 0 Å². The summed E-state index contributed by atoms with van der Waals surface area (Å²) in [5.41, 5.74) is 3.45. The normalized spacial score (nSPS) is 11.6. The average molecular weight is 492 g/mol. The van der Waals surface area contributed by atoms with Gasteiger partial charge in [0.1, 0.15) is 0 Å². The molecule has 0 saturated carbocycles. The lowest BCUT2D eigenvalue weighted by Crippen LogP contribution is -2.23. The Morgan fingerprint density at radius 1 is 0.405 bits per heavy atom. The second kappa shape index (κ2) is 14.2. The molecule has 0 radical (unpaired) electrons. The van der Waals surface area contributed by atoms with Crippen LogP contribution >= 0.6 is 0 Å². The van der Waals surface area contributed by atoms with E-state index in [0.717, 1.165) is 11.1 Å². The van der Waals surface area contributed by atoms with Crippen molar-refractivity contribution < 1.29 is 30.1 Å². The third kappa shape index (κ3) is 8.16. The topological polar surface area (TPSA) is 121 Å². The van der Waals surface area contributed by atoms with Gasteiger partial charge < -0.3 is 30.1 Å². The summed E-state index contributed by atoms with van der Waals surface area (Å²) in [5, 5.41) is 57.3. The minimum atomic E-state index is -1.81. The first-order chi connectivity index (χ1) is 17.9. The Kier molecular flexibility index (Phi) is 10.7. The third-order valence-corrected chi connectivity index (χ3v) is 5.48. The maximum Gasteiger partial charge on any atom is 0.489 e. The van der Waals surface area contributed by atoms with Crippen molar-refractivity contribution in [1.29, 1.82) is 0 Å². The van der Waals surface area contributed by atoms with Gasteiger partial charge in [-0.3, -0.25) is 0 Å². The third-order valence-electron chi connectivity index (χ3n) is 5.48. The van der Waals surface area contributed by atoms with E-state index in [-0.39, 0.29) is 10.9 Å². The van der Waals surface area contributed by atoms with Crippen molar-refractivity contribution in [3.8, 4) is 0 Å². The lowest BCUT2D eigenvalue weighted by atomic mass is 9.61. The summed E-state index contributed by atoms with van der Waals surface area (Å²) in [4.78, 5) is 0. The van der Waals surface area contributed by atoms with Gasteiger partial charge in [0, 0.05) is 0 Å². The molecule has 9 heteroatoms. The van der Waals surface area contributed by atoms with Crippen molar-refractivity contribution in [2.24, 2.45) is 0 Å². The Morgan fingerprint density at radius 2 is 0.730 bits per heavy atom. The highest BCUT2D eigenvalue weighted by atomic mass is 16.4. The lowest BCUT2D eigenvalue weighted by Gasteiger charge is -2.15. The molecule has 184 valence electrons. The van der Waals surface area contributed by atoms with Crippen LogP contribution in [0.4, 0.5) is 0 Å². The summed E-state index contributed by atoms with van der Waals surface area (Å²) in [6, 6.07) is 36.2. The largest absolute Gasteiger partial charge is 0.489 e. The minimum absolute atomic E-state index is 0.0757. The molecule has 0 heterocycles. The summed E-state index contributed by atoms with van der Waals surface area (Å²) in [6.45, 7) is 0. The van der Waals surface area contributed by atoms with E-state index in [1.165, 1.54) is 0 Å². The molecule has 6 nitrogen and oxygen atoms in total. The minimum Gasteiger partial charge on any atom is -0.423 e. The molecule has 0 aliphatic rings. The Labute approximate surface area is 217 Å². The lowest BCUT2D eigenvalue weighted by molar-refractivity contribution is 0.422. The summed E-state index contributed by atoms with van der Waals surface area (Å²) < 4.78 is 0. The van der Waals surface area contributed by atoms with Gasteiger partial charge in [-0.2, -0.15) is 0 Å². The van der Waals surface area contributed by atoms with E-state index >= 15 is 0 Å².